The Balaban J connectivity index is 2.41. The molecule has 0 aromatic carbocycles. The third-order valence-electron chi connectivity index (χ3n) is 2.63. The van der Waals surface area contributed by atoms with E-state index < -0.39 is 0 Å². The second-order valence-electron chi connectivity index (χ2n) is 3.42. The van der Waals surface area contributed by atoms with E-state index in [1.54, 1.807) is 0 Å². The second-order valence-corrected chi connectivity index (χ2v) is 5.10. The summed E-state index contributed by atoms with van der Waals surface area (Å²) in [5, 5.41) is 0. The quantitative estimate of drug-likeness (QED) is 0.450. The molecule has 0 nitrogen and oxygen atoms in total. The van der Waals surface area contributed by atoms with Gasteiger partial charge in [0.05, 0.1) is 0 Å². The molecule has 0 atom stereocenters. The van der Waals surface area contributed by atoms with E-state index >= 15 is 0 Å². The van der Waals surface area contributed by atoms with Crippen molar-refractivity contribution in [1.82, 2.24) is 0 Å². The van der Waals surface area contributed by atoms with Gasteiger partial charge in [0.2, 0.25) is 0 Å². The van der Waals surface area contributed by atoms with E-state index in [1.807, 2.05) is 0 Å². The van der Waals surface area contributed by atoms with Gasteiger partial charge in [-0.15, -0.1) is 0 Å². The Bertz CT molecular complexity index is 90.9. The lowest BCUT2D eigenvalue weighted by atomic mass is 9.97. The summed E-state index contributed by atoms with van der Waals surface area (Å²) in [5.41, 5.74) is 0. The monoisotopic (exact) mass is 204 g/mol. The fraction of sp³-hybridized carbons (Fsp3) is 1.00. The fourth-order valence-corrected chi connectivity index (χ4v) is 2.28. The third kappa shape index (κ3) is 2.26. The molecule has 1 fully saturated rings. The summed E-state index contributed by atoms with van der Waals surface area (Å²) in [4.78, 5) is 0. The van der Waals surface area contributed by atoms with E-state index in [9.17, 15) is 0 Å². The summed E-state index contributed by atoms with van der Waals surface area (Å²) in [6.45, 7) is 2.29. The molecule has 1 aliphatic carbocycles. The van der Waals surface area contributed by atoms with Crippen LogP contribution >= 0.6 is 15.9 Å². The van der Waals surface area contributed by atoms with Gasteiger partial charge >= 0.3 is 0 Å². The van der Waals surface area contributed by atoms with E-state index in [1.165, 1.54) is 44.9 Å². The molecule has 1 rings (SSSR count). The van der Waals surface area contributed by atoms with E-state index in [0.717, 1.165) is 0 Å². The standard InChI is InChI=1S/C9H17Br/c1-2-9(10)7-5-3-4-6-8-9/h2-8H2,1H3. The van der Waals surface area contributed by atoms with Crippen LogP contribution in [0.25, 0.3) is 0 Å². The van der Waals surface area contributed by atoms with Crippen molar-refractivity contribution in [3.05, 3.63) is 0 Å². The van der Waals surface area contributed by atoms with Crippen molar-refractivity contribution >= 4 is 15.9 Å². The number of halogens is 1. The van der Waals surface area contributed by atoms with Crippen LogP contribution in [0.2, 0.25) is 0 Å². The molecule has 10 heavy (non-hydrogen) atoms. The maximum Gasteiger partial charge on any atom is 0.0255 e. The molecule has 0 heterocycles. The van der Waals surface area contributed by atoms with Gasteiger partial charge in [0.15, 0.2) is 0 Å². The normalized spacial score (nSPS) is 25.8. The molecule has 0 saturated heterocycles. The molecule has 0 radical (unpaired) electrons. The molecule has 1 heteroatoms. The first-order valence-corrected chi connectivity index (χ1v) is 5.25. The van der Waals surface area contributed by atoms with Gasteiger partial charge in [-0.05, 0) is 19.3 Å². The molecule has 0 bridgehead atoms. The van der Waals surface area contributed by atoms with Crippen molar-refractivity contribution in [3.63, 3.8) is 0 Å². The van der Waals surface area contributed by atoms with Gasteiger partial charge in [0.25, 0.3) is 0 Å². The molecule has 60 valence electrons. The van der Waals surface area contributed by atoms with Crippen molar-refractivity contribution in [2.75, 3.05) is 0 Å². The molecule has 0 amide bonds. The van der Waals surface area contributed by atoms with Gasteiger partial charge < -0.3 is 0 Å². The highest BCUT2D eigenvalue weighted by Gasteiger charge is 2.24. The maximum atomic E-state index is 3.84. The molecular weight excluding hydrogens is 188 g/mol. The minimum atomic E-state index is 0.517. The van der Waals surface area contributed by atoms with Crippen LogP contribution < -0.4 is 0 Å². The molecule has 0 aliphatic heterocycles. The van der Waals surface area contributed by atoms with Gasteiger partial charge in [-0.1, -0.05) is 48.5 Å². The lowest BCUT2D eigenvalue weighted by Gasteiger charge is -2.23. The summed E-state index contributed by atoms with van der Waals surface area (Å²) in [7, 11) is 0. The molecule has 1 aliphatic rings. The van der Waals surface area contributed by atoms with Crippen LogP contribution in [0.4, 0.5) is 0 Å². The fourth-order valence-electron chi connectivity index (χ4n) is 1.72. The highest BCUT2D eigenvalue weighted by Crippen LogP contribution is 2.36. The Morgan fingerprint density at radius 2 is 1.60 bits per heavy atom. The van der Waals surface area contributed by atoms with Gasteiger partial charge in [-0.3, -0.25) is 0 Å². The third-order valence-corrected chi connectivity index (χ3v) is 3.99. The highest BCUT2D eigenvalue weighted by molar-refractivity contribution is 9.10. The van der Waals surface area contributed by atoms with Gasteiger partial charge in [0.1, 0.15) is 0 Å². The summed E-state index contributed by atoms with van der Waals surface area (Å²) in [6, 6.07) is 0. The molecular formula is C9H17Br. The average molecular weight is 205 g/mol. The van der Waals surface area contributed by atoms with Crippen molar-refractivity contribution in [2.24, 2.45) is 0 Å². The number of rotatable bonds is 1. The largest absolute Gasteiger partial charge is 0.0853 e. The van der Waals surface area contributed by atoms with Crippen LogP contribution in [0.5, 0.6) is 0 Å². The van der Waals surface area contributed by atoms with E-state index in [-0.39, 0.29) is 0 Å². The zero-order chi connectivity index (χ0) is 7.45. The van der Waals surface area contributed by atoms with Crippen LogP contribution in [0.15, 0.2) is 0 Å². The number of hydrogen-bond donors (Lipinski definition) is 0. The lowest BCUT2D eigenvalue weighted by molar-refractivity contribution is 0.509. The topological polar surface area (TPSA) is 0 Å². The van der Waals surface area contributed by atoms with Crippen molar-refractivity contribution in [3.8, 4) is 0 Å². The summed E-state index contributed by atoms with van der Waals surface area (Å²) < 4.78 is 0.517. The lowest BCUT2D eigenvalue weighted by Crippen LogP contribution is -2.17. The molecule has 0 N–H and O–H groups in total. The zero-order valence-corrected chi connectivity index (χ0v) is 8.41. The molecule has 0 aromatic heterocycles. The zero-order valence-electron chi connectivity index (χ0n) is 6.83. The Morgan fingerprint density at radius 3 is 2.00 bits per heavy atom. The Morgan fingerprint density at radius 1 is 1.10 bits per heavy atom. The Labute approximate surface area is 72.5 Å². The van der Waals surface area contributed by atoms with Crippen LogP contribution in [0.1, 0.15) is 51.9 Å². The molecule has 0 spiro atoms. The SMILES string of the molecule is CCC1(Br)CCCCCC1. The maximum absolute atomic E-state index is 3.84. The summed E-state index contributed by atoms with van der Waals surface area (Å²) in [6.07, 6.45) is 9.85. The first kappa shape index (κ1) is 8.58. The van der Waals surface area contributed by atoms with Crippen molar-refractivity contribution in [2.45, 2.75) is 56.2 Å². The molecule has 0 unspecified atom stereocenters. The summed E-state index contributed by atoms with van der Waals surface area (Å²) in [5.74, 6) is 0. The summed E-state index contributed by atoms with van der Waals surface area (Å²) >= 11 is 3.84. The van der Waals surface area contributed by atoms with Crippen molar-refractivity contribution < 1.29 is 0 Å². The predicted molar refractivity (Wildman–Crippen MR) is 49.7 cm³/mol. The van der Waals surface area contributed by atoms with Gasteiger partial charge in [-0.25, -0.2) is 0 Å². The van der Waals surface area contributed by atoms with Crippen LogP contribution in [-0.2, 0) is 0 Å². The Kier molecular flexibility index (Phi) is 3.22. The highest BCUT2D eigenvalue weighted by atomic mass is 79.9. The minimum absolute atomic E-state index is 0.517. The molecule has 1 saturated carbocycles. The van der Waals surface area contributed by atoms with Crippen LogP contribution in [0.3, 0.4) is 0 Å². The average Bonchev–Trinajstić information content (AvgIpc) is 2.15. The second kappa shape index (κ2) is 3.75. The minimum Gasteiger partial charge on any atom is -0.0853 e. The van der Waals surface area contributed by atoms with Crippen molar-refractivity contribution in [1.29, 1.82) is 0 Å². The number of hydrogen-bond acceptors (Lipinski definition) is 0. The van der Waals surface area contributed by atoms with E-state index in [0.29, 0.717) is 4.32 Å². The first-order chi connectivity index (χ1) is 4.77. The smallest absolute Gasteiger partial charge is 0.0255 e. The van der Waals surface area contributed by atoms with Crippen LogP contribution in [-0.4, -0.2) is 4.32 Å². The number of alkyl halides is 1. The van der Waals surface area contributed by atoms with E-state index in [2.05, 4.69) is 22.9 Å². The molecule has 0 aromatic rings. The van der Waals surface area contributed by atoms with Crippen LogP contribution in [0, 0.1) is 0 Å². The van der Waals surface area contributed by atoms with Gasteiger partial charge in [-0.2, -0.15) is 0 Å². The Hall–Kier alpha value is 0.480. The first-order valence-electron chi connectivity index (χ1n) is 4.46. The van der Waals surface area contributed by atoms with Gasteiger partial charge in [0, 0.05) is 4.32 Å². The van der Waals surface area contributed by atoms with E-state index in [4.69, 9.17) is 0 Å². The predicted octanol–water partition coefficient (Wildman–Crippen LogP) is 3.88.